The van der Waals surface area contributed by atoms with E-state index in [1.807, 2.05) is 0 Å². The summed E-state index contributed by atoms with van der Waals surface area (Å²) in [5.41, 5.74) is 0.624. The van der Waals surface area contributed by atoms with Crippen LogP contribution in [-0.2, 0) is 16.0 Å². The predicted molar refractivity (Wildman–Crippen MR) is 70.3 cm³/mol. The zero-order chi connectivity index (χ0) is 13.5. The SMILES string of the molecule is O=C(CC1CNCCO1)NCCc1ccccc1F. The fourth-order valence-corrected chi connectivity index (χ4v) is 2.07. The monoisotopic (exact) mass is 266 g/mol. The van der Waals surface area contributed by atoms with Gasteiger partial charge in [0.15, 0.2) is 0 Å². The highest BCUT2D eigenvalue weighted by molar-refractivity contribution is 5.76. The first-order valence-corrected chi connectivity index (χ1v) is 6.58. The normalized spacial score (nSPS) is 19.1. The van der Waals surface area contributed by atoms with E-state index in [1.54, 1.807) is 18.2 Å². The van der Waals surface area contributed by atoms with Crippen molar-refractivity contribution in [2.24, 2.45) is 0 Å². The van der Waals surface area contributed by atoms with Crippen molar-refractivity contribution in [2.45, 2.75) is 18.9 Å². The van der Waals surface area contributed by atoms with Crippen molar-refractivity contribution < 1.29 is 13.9 Å². The molecule has 1 aromatic carbocycles. The van der Waals surface area contributed by atoms with E-state index >= 15 is 0 Å². The summed E-state index contributed by atoms with van der Waals surface area (Å²) in [4.78, 5) is 11.7. The molecule has 4 nitrogen and oxygen atoms in total. The minimum atomic E-state index is -0.225. The summed E-state index contributed by atoms with van der Waals surface area (Å²) in [6.07, 6.45) is 0.800. The molecule has 1 heterocycles. The van der Waals surface area contributed by atoms with Gasteiger partial charge in [-0.05, 0) is 18.1 Å². The molecule has 0 spiro atoms. The Labute approximate surface area is 112 Å². The average molecular weight is 266 g/mol. The van der Waals surface area contributed by atoms with Crippen LogP contribution in [0.1, 0.15) is 12.0 Å². The van der Waals surface area contributed by atoms with Crippen molar-refractivity contribution in [3.8, 4) is 0 Å². The van der Waals surface area contributed by atoms with Crippen molar-refractivity contribution in [2.75, 3.05) is 26.2 Å². The third kappa shape index (κ3) is 4.61. The Morgan fingerprint density at radius 3 is 3.05 bits per heavy atom. The van der Waals surface area contributed by atoms with Gasteiger partial charge in [-0.2, -0.15) is 0 Å². The molecule has 1 unspecified atom stereocenters. The lowest BCUT2D eigenvalue weighted by molar-refractivity contribution is -0.124. The van der Waals surface area contributed by atoms with E-state index in [1.165, 1.54) is 6.07 Å². The molecular weight excluding hydrogens is 247 g/mol. The van der Waals surface area contributed by atoms with Gasteiger partial charge in [0.2, 0.25) is 5.91 Å². The summed E-state index contributed by atoms with van der Waals surface area (Å²) in [6, 6.07) is 6.61. The Hall–Kier alpha value is -1.46. The lowest BCUT2D eigenvalue weighted by Gasteiger charge is -2.23. The maximum atomic E-state index is 13.3. The number of amides is 1. The van der Waals surface area contributed by atoms with Crippen LogP contribution in [0.3, 0.4) is 0 Å². The summed E-state index contributed by atoms with van der Waals surface area (Å²) >= 11 is 0. The van der Waals surface area contributed by atoms with Gasteiger partial charge in [0, 0.05) is 19.6 Å². The summed E-state index contributed by atoms with van der Waals surface area (Å²) in [5, 5.41) is 5.97. The van der Waals surface area contributed by atoms with Crippen molar-refractivity contribution >= 4 is 5.91 Å². The number of carbonyl (C=O) groups excluding carboxylic acids is 1. The highest BCUT2D eigenvalue weighted by atomic mass is 19.1. The van der Waals surface area contributed by atoms with Crippen LogP contribution in [0.5, 0.6) is 0 Å². The number of nitrogens with one attached hydrogen (secondary N) is 2. The van der Waals surface area contributed by atoms with Crippen LogP contribution in [0.15, 0.2) is 24.3 Å². The van der Waals surface area contributed by atoms with E-state index in [0.717, 1.165) is 6.54 Å². The number of halogens is 1. The van der Waals surface area contributed by atoms with Gasteiger partial charge >= 0.3 is 0 Å². The maximum absolute atomic E-state index is 13.3. The molecule has 19 heavy (non-hydrogen) atoms. The zero-order valence-corrected chi connectivity index (χ0v) is 10.8. The molecule has 1 fully saturated rings. The number of carbonyl (C=O) groups is 1. The molecule has 1 saturated heterocycles. The zero-order valence-electron chi connectivity index (χ0n) is 10.8. The minimum Gasteiger partial charge on any atom is -0.375 e. The van der Waals surface area contributed by atoms with E-state index < -0.39 is 0 Å². The molecule has 1 atom stereocenters. The van der Waals surface area contributed by atoms with Crippen molar-refractivity contribution in [3.05, 3.63) is 35.6 Å². The molecule has 0 aliphatic carbocycles. The van der Waals surface area contributed by atoms with Gasteiger partial charge in [0.1, 0.15) is 5.82 Å². The summed E-state index contributed by atoms with van der Waals surface area (Å²) in [7, 11) is 0. The molecule has 0 radical (unpaired) electrons. The van der Waals surface area contributed by atoms with E-state index in [-0.39, 0.29) is 17.8 Å². The molecule has 104 valence electrons. The van der Waals surface area contributed by atoms with Crippen LogP contribution in [0.2, 0.25) is 0 Å². The quantitative estimate of drug-likeness (QED) is 0.831. The summed E-state index contributed by atoms with van der Waals surface area (Å²) in [5.74, 6) is -0.276. The molecule has 1 aliphatic rings. The number of benzene rings is 1. The number of hydrogen-bond donors (Lipinski definition) is 2. The molecule has 0 saturated carbocycles. The van der Waals surface area contributed by atoms with Gasteiger partial charge < -0.3 is 15.4 Å². The van der Waals surface area contributed by atoms with E-state index in [4.69, 9.17) is 4.74 Å². The second kappa shape index (κ2) is 7.21. The van der Waals surface area contributed by atoms with Crippen LogP contribution in [0.25, 0.3) is 0 Å². The fraction of sp³-hybridized carbons (Fsp3) is 0.500. The Bertz CT molecular complexity index is 420. The molecule has 1 aromatic rings. The molecule has 2 N–H and O–H groups in total. The van der Waals surface area contributed by atoms with Gasteiger partial charge in [0.05, 0.1) is 19.1 Å². The summed E-state index contributed by atoms with van der Waals surface area (Å²) < 4.78 is 18.8. The maximum Gasteiger partial charge on any atom is 0.222 e. The molecule has 0 bridgehead atoms. The van der Waals surface area contributed by atoms with Crippen molar-refractivity contribution in [1.29, 1.82) is 0 Å². The van der Waals surface area contributed by atoms with Gasteiger partial charge in [0.25, 0.3) is 0 Å². The van der Waals surface area contributed by atoms with Gasteiger partial charge in [-0.15, -0.1) is 0 Å². The second-order valence-corrected chi connectivity index (χ2v) is 4.59. The molecule has 1 aliphatic heterocycles. The van der Waals surface area contributed by atoms with Crippen LogP contribution in [0.4, 0.5) is 4.39 Å². The van der Waals surface area contributed by atoms with Crippen molar-refractivity contribution in [1.82, 2.24) is 10.6 Å². The lowest BCUT2D eigenvalue weighted by atomic mass is 10.1. The van der Waals surface area contributed by atoms with Crippen molar-refractivity contribution in [3.63, 3.8) is 0 Å². The third-order valence-corrected chi connectivity index (χ3v) is 3.09. The molecule has 1 amide bonds. The number of morpholine rings is 1. The number of ether oxygens (including phenoxy) is 1. The fourth-order valence-electron chi connectivity index (χ4n) is 2.07. The highest BCUT2D eigenvalue weighted by Crippen LogP contribution is 2.06. The smallest absolute Gasteiger partial charge is 0.222 e. The Morgan fingerprint density at radius 2 is 2.32 bits per heavy atom. The first-order valence-electron chi connectivity index (χ1n) is 6.58. The van der Waals surface area contributed by atoms with E-state index in [2.05, 4.69) is 10.6 Å². The van der Waals surface area contributed by atoms with Gasteiger partial charge in [-0.25, -0.2) is 4.39 Å². The predicted octanol–water partition coefficient (Wildman–Crippen LogP) is 0.863. The Kier molecular flexibility index (Phi) is 5.30. The first kappa shape index (κ1) is 14.0. The number of rotatable bonds is 5. The topological polar surface area (TPSA) is 50.4 Å². The average Bonchev–Trinajstić information content (AvgIpc) is 2.42. The largest absolute Gasteiger partial charge is 0.375 e. The molecule has 2 rings (SSSR count). The van der Waals surface area contributed by atoms with Gasteiger partial charge in [-0.1, -0.05) is 18.2 Å². The molecule has 0 aromatic heterocycles. The van der Waals surface area contributed by atoms with Crippen LogP contribution in [-0.4, -0.2) is 38.3 Å². The number of hydrogen-bond acceptors (Lipinski definition) is 3. The van der Waals surface area contributed by atoms with E-state index in [9.17, 15) is 9.18 Å². The Balaban J connectivity index is 1.67. The Morgan fingerprint density at radius 1 is 1.47 bits per heavy atom. The van der Waals surface area contributed by atoms with Gasteiger partial charge in [-0.3, -0.25) is 4.79 Å². The minimum absolute atomic E-state index is 0.0509. The second-order valence-electron chi connectivity index (χ2n) is 4.59. The van der Waals surface area contributed by atoms with Crippen LogP contribution < -0.4 is 10.6 Å². The molecular formula is C14H19FN2O2. The van der Waals surface area contributed by atoms with Crippen LogP contribution in [0, 0.1) is 5.82 Å². The molecule has 5 heteroatoms. The highest BCUT2D eigenvalue weighted by Gasteiger charge is 2.16. The lowest BCUT2D eigenvalue weighted by Crippen LogP contribution is -2.41. The third-order valence-electron chi connectivity index (χ3n) is 3.09. The standard InChI is InChI=1S/C14H19FN2O2/c15-13-4-2-1-3-11(13)5-6-17-14(18)9-12-10-16-7-8-19-12/h1-4,12,16H,5-10H2,(H,17,18). The van der Waals surface area contributed by atoms with Crippen LogP contribution >= 0.6 is 0 Å². The van der Waals surface area contributed by atoms with E-state index in [0.29, 0.717) is 38.1 Å². The first-order chi connectivity index (χ1) is 9.25. The summed E-state index contributed by atoms with van der Waals surface area (Å²) in [6.45, 7) is 2.64.